The van der Waals surface area contributed by atoms with Crippen molar-refractivity contribution in [2.75, 3.05) is 12.0 Å². The van der Waals surface area contributed by atoms with Gasteiger partial charge in [0.25, 0.3) is 0 Å². The van der Waals surface area contributed by atoms with Gasteiger partial charge in [-0.05, 0) is 49.1 Å². The summed E-state index contributed by atoms with van der Waals surface area (Å²) < 4.78 is 1.93. The van der Waals surface area contributed by atoms with Crippen molar-refractivity contribution in [1.82, 2.24) is 19.9 Å². The zero-order valence-corrected chi connectivity index (χ0v) is 15.7. The molecule has 0 aliphatic rings. The Balaban J connectivity index is 1.75. The molecule has 6 heteroatoms. The first-order valence-electron chi connectivity index (χ1n) is 8.51. The molecule has 0 aliphatic carbocycles. The maximum Gasteiger partial charge on any atom is 0.244 e. The number of thioether (sulfide) groups is 1. The van der Waals surface area contributed by atoms with E-state index in [-0.39, 0.29) is 11.9 Å². The summed E-state index contributed by atoms with van der Waals surface area (Å²) in [6, 6.07) is 13.6. The number of rotatable bonds is 7. The fraction of sp³-hybridized carbons (Fsp3) is 0.250. The highest BCUT2D eigenvalue weighted by Crippen LogP contribution is 2.18. The van der Waals surface area contributed by atoms with Gasteiger partial charge in [0.15, 0.2) is 11.5 Å². The standard InChI is InChI=1S/C20H22N4OS/c1-15-6-8-16(9-7-15)10-11-19(25)21-17(12-14-26-2)20-23-22-18-5-3-4-13-24(18)20/h3-11,13,17H,12,14H2,1-2H3,(H,21,25)/b11-10+. The Morgan fingerprint density at radius 1 is 1.23 bits per heavy atom. The van der Waals surface area contributed by atoms with Gasteiger partial charge in [0.2, 0.25) is 5.91 Å². The Bertz CT molecular complexity index is 902. The maximum atomic E-state index is 12.4. The number of hydrogen-bond acceptors (Lipinski definition) is 4. The van der Waals surface area contributed by atoms with Gasteiger partial charge >= 0.3 is 0 Å². The van der Waals surface area contributed by atoms with Crippen molar-refractivity contribution in [3.63, 3.8) is 0 Å². The van der Waals surface area contributed by atoms with Gasteiger partial charge in [-0.25, -0.2) is 0 Å². The van der Waals surface area contributed by atoms with Crippen LogP contribution in [0.5, 0.6) is 0 Å². The molecule has 0 bridgehead atoms. The Labute approximate surface area is 157 Å². The molecule has 134 valence electrons. The quantitative estimate of drug-likeness (QED) is 0.648. The molecule has 1 amide bonds. The van der Waals surface area contributed by atoms with E-state index in [1.54, 1.807) is 17.8 Å². The van der Waals surface area contributed by atoms with E-state index in [4.69, 9.17) is 0 Å². The number of aryl methyl sites for hydroxylation is 1. The first-order chi connectivity index (χ1) is 12.7. The second kappa shape index (κ2) is 8.67. The molecule has 3 rings (SSSR count). The fourth-order valence-electron chi connectivity index (χ4n) is 2.67. The lowest BCUT2D eigenvalue weighted by molar-refractivity contribution is -0.117. The molecule has 0 spiro atoms. The number of pyridine rings is 1. The summed E-state index contributed by atoms with van der Waals surface area (Å²) in [5, 5.41) is 11.6. The van der Waals surface area contributed by atoms with Crippen molar-refractivity contribution >= 4 is 29.4 Å². The van der Waals surface area contributed by atoms with Gasteiger partial charge in [-0.1, -0.05) is 35.9 Å². The smallest absolute Gasteiger partial charge is 0.244 e. The van der Waals surface area contributed by atoms with Crippen LogP contribution in [0.2, 0.25) is 0 Å². The lowest BCUT2D eigenvalue weighted by Gasteiger charge is -2.16. The number of hydrogen-bond donors (Lipinski definition) is 1. The van der Waals surface area contributed by atoms with Crippen LogP contribution in [-0.2, 0) is 4.79 Å². The van der Waals surface area contributed by atoms with Crippen molar-refractivity contribution < 1.29 is 4.79 Å². The Hall–Kier alpha value is -2.60. The molecule has 1 N–H and O–H groups in total. The van der Waals surface area contributed by atoms with Crippen LogP contribution in [-0.4, -0.2) is 32.5 Å². The third kappa shape index (κ3) is 4.52. The van der Waals surface area contributed by atoms with Gasteiger partial charge in [0.1, 0.15) is 0 Å². The SMILES string of the molecule is CSCCC(NC(=O)/C=C/c1ccc(C)cc1)c1nnc2ccccn12. The third-order valence-electron chi connectivity index (χ3n) is 4.08. The van der Waals surface area contributed by atoms with Crippen LogP contribution in [0.3, 0.4) is 0 Å². The predicted molar refractivity (Wildman–Crippen MR) is 107 cm³/mol. The molecule has 0 radical (unpaired) electrons. The minimum atomic E-state index is -0.185. The average Bonchev–Trinajstić information content (AvgIpc) is 3.09. The molecule has 0 saturated heterocycles. The van der Waals surface area contributed by atoms with Crippen molar-refractivity contribution in [2.24, 2.45) is 0 Å². The fourth-order valence-corrected chi connectivity index (χ4v) is 3.14. The second-order valence-electron chi connectivity index (χ2n) is 6.07. The molecular weight excluding hydrogens is 344 g/mol. The van der Waals surface area contributed by atoms with Crippen molar-refractivity contribution in [3.8, 4) is 0 Å². The minimum Gasteiger partial charge on any atom is -0.342 e. The number of fused-ring (bicyclic) bond motifs is 1. The van der Waals surface area contributed by atoms with Crippen LogP contribution in [0.1, 0.15) is 29.4 Å². The van der Waals surface area contributed by atoms with Crippen molar-refractivity contribution in [3.05, 3.63) is 71.7 Å². The molecule has 1 aromatic carbocycles. The van der Waals surface area contributed by atoms with E-state index in [9.17, 15) is 4.79 Å². The molecule has 26 heavy (non-hydrogen) atoms. The van der Waals surface area contributed by atoms with E-state index in [0.717, 1.165) is 29.2 Å². The van der Waals surface area contributed by atoms with Crippen LogP contribution in [0, 0.1) is 6.92 Å². The number of nitrogens with one attached hydrogen (secondary N) is 1. The highest BCUT2D eigenvalue weighted by atomic mass is 32.2. The summed E-state index contributed by atoms with van der Waals surface area (Å²) in [5.41, 5.74) is 2.97. The van der Waals surface area contributed by atoms with E-state index >= 15 is 0 Å². The average molecular weight is 366 g/mol. The zero-order valence-electron chi connectivity index (χ0n) is 14.9. The van der Waals surface area contributed by atoms with E-state index in [1.807, 2.05) is 66.1 Å². The van der Waals surface area contributed by atoms with Gasteiger partial charge in [-0.15, -0.1) is 10.2 Å². The van der Waals surface area contributed by atoms with E-state index in [0.29, 0.717) is 0 Å². The van der Waals surface area contributed by atoms with Crippen LogP contribution in [0.15, 0.2) is 54.7 Å². The molecule has 2 aromatic heterocycles. The van der Waals surface area contributed by atoms with Gasteiger partial charge in [-0.3, -0.25) is 9.20 Å². The minimum absolute atomic E-state index is 0.135. The topological polar surface area (TPSA) is 59.3 Å². The molecule has 1 atom stereocenters. The van der Waals surface area contributed by atoms with Crippen molar-refractivity contribution in [1.29, 1.82) is 0 Å². The molecule has 0 aliphatic heterocycles. The Kier molecular flexibility index (Phi) is 6.07. The van der Waals surface area contributed by atoms with Gasteiger partial charge in [-0.2, -0.15) is 11.8 Å². The Morgan fingerprint density at radius 2 is 2.04 bits per heavy atom. The first-order valence-corrected chi connectivity index (χ1v) is 9.90. The summed E-state index contributed by atoms with van der Waals surface area (Å²) in [7, 11) is 0. The lowest BCUT2D eigenvalue weighted by atomic mass is 10.1. The largest absolute Gasteiger partial charge is 0.342 e. The van der Waals surface area contributed by atoms with Crippen LogP contribution >= 0.6 is 11.8 Å². The summed E-state index contributed by atoms with van der Waals surface area (Å²) in [6.45, 7) is 2.04. The number of amides is 1. The third-order valence-corrected chi connectivity index (χ3v) is 4.73. The molecule has 0 saturated carbocycles. The van der Waals surface area contributed by atoms with E-state index in [2.05, 4.69) is 21.8 Å². The molecule has 0 fully saturated rings. The summed E-state index contributed by atoms with van der Waals surface area (Å²) in [5.74, 6) is 1.55. The van der Waals surface area contributed by atoms with E-state index in [1.165, 1.54) is 5.56 Å². The number of benzene rings is 1. The molecule has 3 aromatic rings. The number of carbonyl (C=O) groups is 1. The van der Waals surface area contributed by atoms with Crippen LogP contribution in [0.4, 0.5) is 0 Å². The summed E-state index contributed by atoms with van der Waals surface area (Å²) >= 11 is 1.74. The normalized spacial score (nSPS) is 12.5. The number of nitrogens with zero attached hydrogens (tertiary/aromatic N) is 3. The molecule has 5 nitrogen and oxygen atoms in total. The monoisotopic (exact) mass is 366 g/mol. The Morgan fingerprint density at radius 3 is 2.81 bits per heavy atom. The molecular formula is C20H22N4OS. The van der Waals surface area contributed by atoms with E-state index < -0.39 is 0 Å². The molecule has 1 unspecified atom stereocenters. The highest BCUT2D eigenvalue weighted by molar-refractivity contribution is 7.98. The lowest BCUT2D eigenvalue weighted by Crippen LogP contribution is -2.29. The van der Waals surface area contributed by atoms with Crippen LogP contribution < -0.4 is 5.32 Å². The van der Waals surface area contributed by atoms with Crippen LogP contribution in [0.25, 0.3) is 11.7 Å². The number of aromatic nitrogens is 3. The highest BCUT2D eigenvalue weighted by Gasteiger charge is 2.19. The second-order valence-corrected chi connectivity index (χ2v) is 7.06. The summed E-state index contributed by atoms with van der Waals surface area (Å²) in [4.78, 5) is 12.4. The first kappa shape index (κ1) is 18.2. The number of carbonyl (C=O) groups excluding carboxylic acids is 1. The predicted octanol–water partition coefficient (Wildman–Crippen LogP) is 3.66. The maximum absolute atomic E-state index is 12.4. The summed E-state index contributed by atoms with van der Waals surface area (Å²) in [6.07, 6.45) is 8.16. The zero-order chi connectivity index (χ0) is 18.4. The van der Waals surface area contributed by atoms with Crippen molar-refractivity contribution in [2.45, 2.75) is 19.4 Å². The van der Waals surface area contributed by atoms with Gasteiger partial charge < -0.3 is 5.32 Å². The molecule has 2 heterocycles. The van der Waals surface area contributed by atoms with Gasteiger partial charge in [0, 0.05) is 12.3 Å². The van der Waals surface area contributed by atoms with Gasteiger partial charge in [0.05, 0.1) is 6.04 Å².